The molecule has 1 rings (SSSR count). The first kappa shape index (κ1) is 12.7. The van der Waals surface area contributed by atoms with E-state index in [2.05, 4.69) is 0 Å². The van der Waals surface area contributed by atoms with E-state index < -0.39 is 0 Å². The average Bonchev–Trinajstić information content (AvgIpc) is 2.29. The van der Waals surface area contributed by atoms with Gasteiger partial charge in [-0.1, -0.05) is 0 Å². The Morgan fingerprint density at radius 2 is 1.13 bits per heavy atom. The molecule has 76 valence electrons. The molecule has 0 bridgehead atoms. The molecule has 15 heavy (non-hydrogen) atoms. The van der Waals surface area contributed by atoms with E-state index in [0.29, 0.717) is 35.5 Å². The van der Waals surface area contributed by atoms with Gasteiger partial charge in [0.05, 0.1) is 6.07 Å². The minimum atomic E-state index is 0.335. The van der Waals surface area contributed by atoms with Crippen molar-refractivity contribution in [3.8, 4) is 6.07 Å². The highest BCUT2D eigenvalue weighted by molar-refractivity contribution is 5.87. The van der Waals surface area contributed by atoms with Gasteiger partial charge in [0.25, 0.3) is 0 Å². The van der Waals surface area contributed by atoms with E-state index in [9.17, 15) is 14.4 Å². The summed E-state index contributed by atoms with van der Waals surface area (Å²) in [5.74, 6) is 0. The third-order valence-electron chi connectivity index (χ3n) is 1.41. The second kappa shape index (κ2) is 7.15. The molecule has 0 aliphatic rings. The quantitative estimate of drug-likeness (QED) is 0.700. The smallest absolute Gasteiger partial charge is 0.150 e. The van der Waals surface area contributed by atoms with Crippen molar-refractivity contribution in [1.29, 1.82) is 5.26 Å². The van der Waals surface area contributed by atoms with Crippen LogP contribution in [0.5, 0.6) is 0 Å². The van der Waals surface area contributed by atoms with Gasteiger partial charge in [-0.05, 0) is 18.2 Å². The predicted octanol–water partition coefficient (Wildman–Crippen LogP) is 1.65. The van der Waals surface area contributed by atoms with Crippen LogP contribution < -0.4 is 0 Å². The summed E-state index contributed by atoms with van der Waals surface area (Å²) in [6.07, 6.45) is 1.79. The van der Waals surface area contributed by atoms with Crippen molar-refractivity contribution in [2.75, 3.05) is 0 Å². The molecular weight excluding hydrogens is 194 g/mol. The fourth-order valence-electron chi connectivity index (χ4n) is 0.906. The number of carbonyl (C=O) groups is 3. The largest absolute Gasteiger partial charge is 0.298 e. The van der Waals surface area contributed by atoms with Gasteiger partial charge in [-0.2, -0.15) is 5.26 Å². The van der Waals surface area contributed by atoms with Gasteiger partial charge in [-0.25, -0.2) is 0 Å². The second-order valence-electron chi connectivity index (χ2n) is 2.51. The molecular formula is C11H9NO3. The van der Waals surface area contributed by atoms with E-state index in [0.717, 1.165) is 0 Å². The Morgan fingerprint density at radius 3 is 1.27 bits per heavy atom. The number of nitriles is 1. The molecule has 0 atom stereocenters. The number of hydrogen-bond acceptors (Lipinski definition) is 4. The highest BCUT2D eigenvalue weighted by atomic mass is 16.1. The minimum Gasteiger partial charge on any atom is -0.298 e. The summed E-state index contributed by atoms with van der Waals surface area (Å²) in [6.45, 7) is 1.43. The zero-order valence-corrected chi connectivity index (χ0v) is 8.14. The zero-order chi connectivity index (χ0) is 11.7. The Hall–Kier alpha value is -2.28. The summed E-state index contributed by atoms with van der Waals surface area (Å²) >= 11 is 0. The summed E-state index contributed by atoms with van der Waals surface area (Å²) in [7, 11) is 0. The summed E-state index contributed by atoms with van der Waals surface area (Å²) in [6, 6.07) is 6.02. The monoisotopic (exact) mass is 203 g/mol. The predicted molar refractivity (Wildman–Crippen MR) is 53.9 cm³/mol. The first-order valence-corrected chi connectivity index (χ1v) is 4.03. The van der Waals surface area contributed by atoms with Crippen molar-refractivity contribution in [2.45, 2.75) is 6.92 Å². The maximum Gasteiger partial charge on any atom is 0.150 e. The van der Waals surface area contributed by atoms with E-state index in [-0.39, 0.29) is 0 Å². The van der Waals surface area contributed by atoms with E-state index in [1.807, 2.05) is 0 Å². The molecule has 0 unspecified atom stereocenters. The van der Waals surface area contributed by atoms with Gasteiger partial charge in [0, 0.05) is 23.6 Å². The summed E-state index contributed by atoms with van der Waals surface area (Å²) < 4.78 is 0. The van der Waals surface area contributed by atoms with Crippen LogP contribution in [0.15, 0.2) is 18.2 Å². The van der Waals surface area contributed by atoms with Crippen molar-refractivity contribution in [3.05, 3.63) is 34.9 Å². The lowest BCUT2D eigenvalue weighted by Gasteiger charge is -1.94. The molecule has 0 radical (unpaired) electrons. The van der Waals surface area contributed by atoms with Gasteiger partial charge >= 0.3 is 0 Å². The normalized spacial score (nSPS) is 7.73. The van der Waals surface area contributed by atoms with Crippen LogP contribution in [0, 0.1) is 11.3 Å². The summed E-state index contributed by atoms with van der Waals surface area (Å²) in [5.41, 5.74) is 1.00. The highest BCUT2D eigenvalue weighted by Crippen LogP contribution is 2.05. The van der Waals surface area contributed by atoms with E-state index in [1.54, 1.807) is 6.07 Å². The lowest BCUT2D eigenvalue weighted by atomic mass is 10.1. The third kappa shape index (κ3) is 4.48. The Kier molecular flexibility index (Phi) is 6.07. The molecule has 1 aromatic carbocycles. The number of benzene rings is 1. The van der Waals surface area contributed by atoms with Crippen LogP contribution in [-0.4, -0.2) is 18.9 Å². The van der Waals surface area contributed by atoms with Crippen LogP contribution in [0.1, 0.15) is 38.0 Å². The second-order valence-corrected chi connectivity index (χ2v) is 2.51. The van der Waals surface area contributed by atoms with Gasteiger partial charge in [0.15, 0.2) is 0 Å². The number of aldehydes is 3. The highest BCUT2D eigenvalue weighted by Gasteiger charge is 1.98. The molecule has 0 heterocycles. The standard InChI is InChI=1S/C9H6O3.C2H3N/c10-4-7-1-8(5-11)3-9(2-7)6-12;1-2-3/h1-6H;1H3. The lowest BCUT2D eigenvalue weighted by Crippen LogP contribution is -1.89. The number of nitrogens with zero attached hydrogens (tertiary/aromatic N) is 1. The first-order valence-electron chi connectivity index (χ1n) is 4.03. The molecule has 0 N–H and O–H groups in total. The molecule has 0 spiro atoms. The van der Waals surface area contributed by atoms with E-state index >= 15 is 0 Å². The lowest BCUT2D eigenvalue weighted by molar-refractivity contribution is 0.112. The SMILES string of the molecule is CC#N.O=Cc1cc(C=O)cc(C=O)c1. The minimum absolute atomic E-state index is 0.335. The third-order valence-corrected chi connectivity index (χ3v) is 1.41. The molecule has 1 aromatic rings. The molecule has 0 saturated carbocycles. The number of rotatable bonds is 3. The van der Waals surface area contributed by atoms with Crippen LogP contribution in [0.3, 0.4) is 0 Å². The van der Waals surface area contributed by atoms with Crippen molar-refractivity contribution < 1.29 is 14.4 Å². The topological polar surface area (TPSA) is 75.0 Å². The Balaban J connectivity index is 0.000000583. The zero-order valence-electron chi connectivity index (χ0n) is 8.14. The summed E-state index contributed by atoms with van der Waals surface area (Å²) in [5, 5.41) is 7.32. The number of carbonyl (C=O) groups excluding carboxylic acids is 3. The fourth-order valence-corrected chi connectivity index (χ4v) is 0.906. The van der Waals surface area contributed by atoms with Crippen LogP contribution in [0.2, 0.25) is 0 Å². The molecule has 4 heteroatoms. The molecule has 0 aliphatic carbocycles. The Labute approximate surface area is 87.1 Å². The van der Waals surface area contributed by atoms with Crippen molar-refractivity contribution in [2.24, 2.45) is 0 Å². The Bertz CT molecular complexity index is 340. The van der Waals surface area contributed by atoms with Gasteiger partial charge in [-0.15, -0.1) is 0 Å². The van der Waals surface area contributed by atoms with E-state index in [4.69, 9.17) is 5.26 Å². The van der Waals surface area contributed by atoms with Crippen LogP contribution in [-0.2, 0) is 0 Å². The van der Waals surface area contributed by atoms with Gasteiger partial charge in [-0.3, -0.25) is 14.4 Å². The van der Waals surface area contributed by atoms with Crippen molar-refractivity contribution >= 4 is 18.9 Å². The molecule has 0 amide bonds. The summed E-state index contributed by atoms with van der Waals surface area (Å²) in [4.78, 5) is 30.9. The molecule has 0 aromatic heterocycles. The maximum atomic E-state index is 10.3. The van der Waals surface area contributed by atoms with Gasteiger partial charge < -0.3 is 0 Å². The van der Waals surface area contributed by atoms with E-state index in [1.165, 1.54) is 25.1 Å². The first-order chi connectivity index (χ1) is 7.21. The molecule has 0 saturated heterocycles. The van der Waals surface area contributed by atoms with Crippen LogP contribution in [0.25, 0.3) is 0 Å². The number of hydrogen-bond donors (Lipinski definition) is 0. The fraction of sp³-hybridized carbons (Fsp3) is 0.0909. The van der Waals surface area contributed by atoms with Gasteiger partial charge in [0.2, 0.25) is 0 Å². The van der Waals surface area contributed by atoms with Crippen LogP contribution in [0.4, 0.5) is 0 Å². The van der Waals surface area contributed by atoms with Gasteiger partial charge in [0.1, 0.15) is 18.9 Å². The average molecular weight is 203 g/mol. The maximum absolute atomic E-state index is 10.3. The molecule has 0 fully saturated rings. The van der Waals surface area contributed by atoms with Crippen molar-refractivity contribution in [1.82, 2.24) is 0 Å². The molecule has 4 nitrogen and oxygen atoms in total. The van der Waals surface area contributed by atoms with Crippen molar-refractivity contribution in [3.63, 3.8) is 0 Å². The Morgan fingerprint density at radius 1 is 0.933 bits per heavy atom. The van der Waals surface area contributed by atoms with Crippen LogP contribution >= 0.6 is 0 Å². The molecule has 0 aliphatic heterocycles.